The first-order valence-electron chi connectivity index (χ1n) is 6.80. The van der Waals surface area contributed by atoms with E-state index in [1.165, 1.54) is 5.56 Å². The lowest BCUT2D eigenvalue weighted by Gasteiger charge is -2.28. The van der Waals surface area contributed by atoms with E-state index in [1.807, 2.05) is 18.2 Å². The van der Waals surface area contributed by atoms with Crippen molar-refractivity contribution in [2.45, 2.75) is 44.4 Å². The fraction of sp³-hybridized carbons (Fsp3) is 0.533. The van der Waals surface area contributed by atoms with Crippen molar-refractivity contribution in [3.8, 4) is 0 Å². The van der Waals surface area contributed by atoms with Gasteiger partial charge in [0.2, 0.25) is 0 Å². The second-order valence-electron chi connectivity index (χ2n) is 5.55. The molecule has 0 spiro atoms. The molecule has 1 saturated carbocycles. The van der Waals surface area contributed by atoms with Crippen LogP contribution in [0.2, 0.25) is 0 Å². The maximum atomic E-state index is 12.4. The number of rotatable bonds is 3. The van der Waals surface area contributed by atoms with Crippen LogP contribution in [0.3, 0.4) is 0 Å². The monoisotopic (exact) mass is 279 g/mol. The van der Waals surface area contributed by atoms with Crippen LogP contribution in [0.5, 0.6) is 0 Å². The molecule has 0 atom stereocenters. The Balaban J connectivity index is 1.77. The van der Waals surface area contributed by atoms with Gasteiger partial charge in [-0.15, -0.1) is 11.6 Å². The number of carbonyl (C=O) groups excluding carboxylic acids is 1. The summed E-state index contributed by atoms with van der Waals surface area (Å²) in [7, 11) is 0. The third-order valence-electron chi connectivity index (χ3n) is 4.18. The number of alkyl halides is 1. The van der Waals surface area contributed by atoms with E-state index >= 15 is 0 Å². The van der Waals surface area contributed by atoms with Crippen LogP contribution >= 0.6 is 11.6 Å². The number of amides is 1. The largest absolute Gasteiger partial charge is 0.372 e. The van der Waals surface area contributed by atoms with Gasteiger partial charge in [-0.1, -0.05) is 18.9 Å². The summed E-state index contributed by atoms with van der Waals surface area (Å²) in [6, 6.07) is 5.80. The Morgan fingerprint density at radius 1 is 1.26 bits per heavy atom. The summed E-state index contributed by atoms with van der Waals surface area (Å²) >= 11 is 6.06. The number of nitrogens with one attached hydrogen (secondary N) is 1. The minimum absolute atomic E-state index is 0.0164. The van der Waals surface area contributed by atoms with E-state index in [0.29, 0.717) is 24.7 Å². The zero-order valence-electron chi connectivity index (χ0n) is 10.9. The van der Waals surface area contributed by atoms with E-state index in [4.69, 9.17) is 16.3 Å². The molecule has 3 rings (SSSR count). The van der Waals surface area contributed by atoms with E-state index in [9.17, 15) is 4.79 Å². The second-order valence-corrected chi connectivity index (χ2v) is 5.82. The highest BCUT2D eigenvalue weighted by molar-refractivity contribution is 6.19. The lowest BCUT2D eigenvalue weighted by Crippen LogP contribution is -2.47. The third kappa shape index (κ3) is 2.49. The normalized spacial score (nSPS) is 20.3. The van der Waals surface area contributed by atoms with E-state index in [2.05, 4.69) is 5.32 Å². The lowest BCUT2D eigenvalue weighted by molar-refractivity contribution is 0.0909. The van der Waals surface area contributed by atoms with Crippen LogP contribution in [0.1, 0.15) is 47.2 Å². The van der Waals surface area contributed by atoms with Crippen molar-refractivity contribution in [3.05, 3.63) is 34.9 Å². The summed E-state index contributed by atoms with van der Waals surface area (Å²) < 4.78 is 5.37. The van der Waals surface area contributed by atoms with E-state index in [1.54, 1.807) is 0 Å². The number of carbonyl (C=O) groups is 1. The third-order valence-corrected chi connectivity index (χ3v) is 4.69. The first-order valence-corrected chi connectivity index (χ1v) is 7.34. The zero-order valence-corrected chi connectivity index (χ0v) is 11.6. The summed E-state index contributed by atoms with van der Waals surface area (Å²) in [6.07, 6.45) is 4.25. The van der Waals surface area contributed by atoms with Crippen LogP contribution in [-0.2, 0) is 18.0 Å². The molecule has 0 unspecified atom stereocenters. The number of fused-ring (bicyclic) bond motifs is 1. The molecular formula is C15H18ClNO2. The standard InChI is InChI=1S/C15H18ClNO2/c16-10-15(5-1-2-6-15)17-14(18)11-3-4-12-8-19-9-13(12)7-11/h3-4,7H,1-2,5-6,8-10H2,(H,17,18). The summed E-state index contributed by atoms with van der Waals surface area (Å²) in [5.74, 6) is 0.476. The molecule has 4 heteroatoms. The maximum Gasteiger partial charge on any atom is 0.251 e. The molecule has 1 heterocycles. The van der Waals surface area contributed by atoms with Crippen molar-refractivity contribution in [2.24, 2.45) is 0 Å². The van der Waals surface area contributed by atoms with Gasteiger partial charge in [-0.05, 0) is 36.1 Å². The van der Waals surface area contributed by atoms with Crippen LogP contribution in [0.25, 0.3) is 0 Å². The van der Waals surface area contributed by atoms with Crippen molar-refractivity contribution in [1.29, 1.82) is 0 Å². The van der Waals surface area contributed by atoms with Crippen LogP contribution in [0, 0.1) is 0 Å². The summed E-state index contributed by atoms with van der Waals surface area (Å²) in [6.45, 7) is 1.26. The Labute approximate surface area is 118 Å². The quantitative estimate of drug-likeness (QED) is 0.864. The molecule has 2 aliphatic rings. The summed E-state index contributed by atoms with van der Waals surface area (Å²) in [4.78, 5) is 12.4. The molecular weight excluding hydrogens is 262 g/mol. The molecule has 3 nitrogen and oxygen atoms in total. The van der Waals surface area contributed by atoms with Gasteiger partial charge in [-0.3, -0.25) is 4.79 Å². The highest BCUT2D eigenvalue weighted by Gasteiger charge is 2.34. The van der Waals surface area contributed by atoms with Crippen molar-refractivity contribution >= 4 is 17.5 Å². The highest BCUT2D eigenvalue weighted by atomic mass is 35.5. The maximum absolute atomic E-state index is 12.4. The van der Waals surface area contributed by atoms with Gasteiger partial charge in [0, 0.05) is 11.4 Å². The number of ether oxygens (including phenoxy) is 1. The minimum Gasteiger partial charge on any atom is -0.372 e. The van der Waals surface area contributed by atoms with Gasteiger partial charge in [0.1, 0.15) is 0 Å². The molecule has 0 radical (unpaired) electrons. The molecule has 1 N–H and O–H groups in total. The molecule has 1 aromatic carbocycles. The zero-order chi connectivity index (χ0) is 13.3. The fourth-order valence-corrected chi connectivity index (χ4v) is 3.30. The fourth-order valence-electron chi connectivity index (χ4n) is 2.97. The first-order chi connectivity index (χ1) is 9.22. The highest BCUT2D eigenvalue weighted by Crippen LogP contribution is 2.31. The van der Waals surface area contributed by atoms with Crippen molar-refractivity contribution in [3.63, 3.8) is 0 Å². The average Bonchev–Trinajstić information content (AvgIpc) is 3.06. The van der Waals surface area contributed by atoms with E-state index in [0.717, 1.165) is 31.2 Å². The topological polar surface area (TPSA) is 38.3 Å². The smallest absolute Gasteiger partial charge is 0.251 e. The van der Waals surface area contributed by atoms with E-state index in [-0.39, 0.29) is 11.4 Å². The lowest BCUT2D eigenvalue weighted by atomic mass is 9.99. The van der Waals surface area contributed by atoms with Gasteiger partial charge in [-0.25, -0.2) is 0 Å². The van der Waals surface area contributed by atoms with Gasteiger partial charge in [0.25, 0.3) is 5.91 Å². The Hall–Kier alpha value is -1.06. The Kier molecular flexibility index (Phi) is 3.50. The number of halogens is 1. The second kappa shape index (κ2) is 5.14. The van der Waals surface area contributed by atoms with Crippen LogP contribution in [0.15, 0.2) is 18.2 Å². The molecule has 19 heavy (non-hydrogen) atoms. The number of benzene rings is 1. The Morgan fingerprint density at radius 2 is 2.00 bits per heavy atom. The molecule has 1 aliphatic heterocycles. The average molecular weight is 280 g/mol. The number of hydrogen-bond acceptors (Lipinski definition) is 2. The van der Waals surface area contributed by atoms with Gasteiger partial charge in [0.15, 0.2) is 0 Å². The Bertz CT molecular complexity index is 495. The summed E-state index contributed by atoms with van der Waals surface area (Å²) in [5.41, 5.74) is 2.82. The van der Waals surface area contributed by atoms with Gasteiger partial charge in [-0.2, -0.15) is 0 Å². The molecule has 0 aromatic heterocycles. The van der Waals surface area contributed by atoms with E-state index < -0.39 is 0 Å². The van der Waals surface area contributed by atoms with Crippen LogP contribution in [0.4, 0.5) is 0 Å². The molecule has 102 valence electrons. The molecule has 1 aromatic rings. The van der Waals surface area contributed by atoms with Gasteiger partial charge < -0.3 is 10.1 Å². The van der Waals surface area contributed by atoms with Crippen molar-refractivity contribution in [2.75, 3.05) is 5.88 Å². The molecule has 1 fully saturated rings. The Morgan fingerprint density at radius 3 is 2.74 bits per heavy atom. The molecule has 0 bridgehead atoms. The molecule has 1 aliphatic carbocycles. The predicted molar refractivity (Wildman–Crippen MR) is 74.3 cm³/mol. The number of hydrogen-bond donors (Lipinski definition) is 1. The van der Waals surface area contributed by atoms with Crippen molar-refractivity contribution in [1.82, 2.24) is 5.32 Å². The summed E-state index contributed by atoms with van der Waals surface area (Å²) in [5, 5.41) is 3.14. The predicted octanol–water partition coefficient (Wildman–Crippen LogP) is 3.00. The van der Waals surface area contributed by atoms with Crippen molar-refractivity contribution < 1.29 is 9.53 Å². The van der Waals surface area contributed by atoms with Crippen LogP contribution < -0.4 is 5.32 Å². The SMILES string of the molecule is O=C(NC1(CCl)CCCC1)c1ccc2c(c1)COC2. The van der Waals surface area contributed by atoms with Crippen LogP contribution in [-0.4, -0.2) is 17.3 Å². The van der Waals surface area contributed by atoms with Gasteiger partial charge in [0.05, 0.1) is 18.8 Å². The first kappa shape index (κ1) is 12.9. The molecule has 0 saturated heterocycles. The van der Waals surface area contributed by atoms with Gasteiger partial charge >= 0.3 is 0 Å². The molecule has 1 amide bonds. The minimum atomic E-state index is -0.200.